The minimum absolute atomic E-state index is 0.103. The van der Waals surface area contributed by atoms with Gasteiger partial charge in [0.15, 0.2) is 12.2 Å². The van der Waals surface area contributed by atoms with E-state index in [1.165, 1.54) is 173 Å². The number of unbranched alkanes of at least 4 members (excludes halogenated alkanes) is 38. The summed E-state index contributed by atoms with van der Waals surface area (Å²) >= 11 is 0. The Balaban J connectivity index is 5.22. The van der Waals surface area contributed by atoms with E-state index in [1.807, 2.05) is 0 Å². The van der Waals surface area contributed by atoms with Crippen LogP contribution in [0.3, 0.4) is 0 Å². The van der Waals surface area contributed by atoms with E-state index >= 15 is 0 Å². The molecule has 540 valence electrons. The summed E-state index contributed by atoms with van der Waals surface area (Å²) in [5.41, 5.74) is 0. The fourth-order valence-electron chi connectivity index (χ4n) is 10.9. The topological polar surface area (TPSA) is 237 Å². The smallest absolute Gasteiger partial charge is 0.462 e. The van der Waals surface area contributed by atoms with Gasteiger partial charge in [-0.1, -0.05) is 312 Å². The van der Waals surface area contributed by atoms with Gasteiger partial charge < -0.3 is 33.8 Å². The van der Waals surface area contributed by atoms with Gasteiger partial charge in [0.25, 0.3) is 0 Å². The number of aliphatic hydroxyl groups excluding tert-OH is 1. The number of aliphatic hydroxyl groups is 1. The first-order valence-electron chi connectivity index (χ1n) is 37.3. The molecule has 0 radical (unpaired) electrons. The minimum atomic E-state index is -4.95. The monoisotopic (exact) mass is 1340 g/mol. The number of phosphoric acid groups is 2. The van der Waals surface area contributed by atoms with Crippen LogP contribution in [0.4, 0.5) is 0 Å². The lowest BCUT2D eigenvalue weighted by Crippen LogP contribution is -2.30. The summed E-state index contributed by atoms with van der Waals surface area (Å²) in [6, 6.07) is 0. The van der Waals surface area contributed by atoms with Crippen molar-refractivity contribution in [3.63, 3.8) is 0 Å². The molecule has 0 aromatic heterocycles. The van der Waals surface area contributed by atoms with Gasteiger partial charge in [0.2, 0.25) is 0 Å². The summed E-state index contributed by atoms with van der Waals surface area (Å²) in [5.74, 6) is 0.131. The van der Waals surface area contributed by atoms with Gasteiger partial charge in [-0.05, 0) is 43.4 Å². The van der Waals surface area contributed by atoms with Crippen LogP contribution in [0.2, 0.25) is 0 Å². The second kappa shape index (κ2) is 62.8. The zero-order valence-electron chi connectivity index (χ0n) is 59.3. The molecular weight excluding hydrogens is 1200 g/mol. The molecular formula is C72H140O17P2. The standard InChI is InChI=1S/C72H140O17P2/c1-8-9-10-11-12-13-25-32-39-46-53-69(74)82-60-68(89-72(77)56-49-42-35-28-31-38-45-52-65(6)7)62-87-91(80,81)85-58-66(73)57-84-90(78,79)86-61-67(59-83-70(75)54-47-40-33-26-22-21-24-30-37-44-51-64(4)5)88-71(76)55-48-41-34-27-20-18-16-14-15-17-19-23-29-36-43-50-63(2)3/h63-68,73H,8-62H2,1-7H3,(H,78,79)(H,80,81)/t66-,67-,68-/m1/s1. The maximum atomic E-state index is 13.0. The lowest BCUT2D eigenvalue weighted by Gasteiger charge is -2.21. The van der Waals surface area contributed by atoms with Gasteiger partial charge in [0.1, 0.15) is 19.3 Å². The van der Waals surface area contributed by atoms with E-state index in [9.17, 15) is 43.2 Å². The predicted molar refractivity (Wildman–Crippen MR) is 368 cm³/mol. The molecule has 2 unspecified atom stereocenters. The zero-order valence-corrected chi connectivity index (χ0v) is 61.1. The normalized spacial score (nSPS) is 14.2. The van der Waals surface area contributed by atoms with Crippen LogP contribution in [0.1, 0.15) is 363 Å². The van der Waals surface area contributed by atoms with E-state index in [-0.39, 0.29) is 25.7 Å². The van der Waals surface area contributed by atoms with Crippen molar-refractivity contribution >= 4 is 39.5 Å². The molecule has 0 saturated carbocycles. The summed E-state index contributed by atoms with van der Waals surface area (Å²) in [6.45, 7) is 11.8. The summed E-state index contributed by atoms with van der Waals surface area (Å²) in [7, 11) is -9.90. The van der Waals surface area contributed by atoms with Gasteiger partial charge in [0, 0.05) is 25.7 Å². The van der Waals surface area contributed by atoms with Crippen LogP contribution in [0.15, 0.2) is 0 Å². The molecule has 0 fully saturated rings. The number of hydrogen-bond donors (Lipinski definition) is 3. The maximum absolute atomic E-state index is 13.0. The van der Waals surface area contributed by atoms with Gasteiger partial charge in [-0.3, -0.25) is 37.3 Å². The first-order chi connectivity index (χ1) is 43.7. The molecule has 0 aliphatic carbocycles. The molecule has 0 spiro atoms. The third kappa shape index (κ3) is 66.5. The molecule has 0 aromatic carbocycles. The third-order valence-electron chi connectivity index (χ3n) is 16.6. The highest BCUT2D eigenvalue weighted by Gasteiger charge is 2.30. The van der Waals surface area contributed by atoms with Crippen LogP contribution in [0, 0.1) is 17.8 Å². The molecule has 3 N–H and O–H groups in total. The second-order valence-corrected chi connectivity index (χ2v) is 30.3. The van der Waals surface area contributed by atoms with Crippen molar-refractivity contribution in [1.29, 1.82) is 0 Å². The molecule has 17 nitrogen and oxygen atoms in total. The predicted octanol–water partition coefficient (Wildman–Crippen LogP) is 20.6. The highest BCUT2D eigenvalue weighted by Crippen LogP contribution is 2.45. The molecule has 0 saturated heterocycles. The highest BCUT2D eigenvalue weighted by atomic mass is 31.2. The number of hydrogen-bond acceptors (Lipinski definition) is 15. The first-order valence-corrected chi connectivity index (χ1v) is 40.3. The van der Waals surface area contributed by atoms with E-state index in [1.54, 1.807) is 0 Å². The molecule has 0 bridgehead atoms. The maximum Gasteiger partial charge on any atom is 0.472 e. The van der Waals surface area contributed by atoms with E-state index < -0.39 is 97.5 Å². The van der Waals surface area contributed by atoms with Crippen LogP contribution in [-0.2, 0) is 65.4 Å². The number of ether oxygens (including phenoxy) is 4. The van der Waals surface area contributed by atoms with Crippen molar-refractivity contribution in [3.8, 4) is 0 Å². The van der Waals surface area contributed by atoms with Crippen molar-refractivity contribution in [3.05, 3.63) is 0 Å². The minimum Gasteiger partial charge on any atom is -0.462 e. The van der Waals surface area contributed by atoms with Crippen molar-refractivity contribution in [1.82, 2.24) is 0 Å². The van der Waals surface area contributed by atoms with Crippen LogP contribution >= 0.6 is 15.6 Å². The molecule has 0 aliphatic rings. The third-order valence-corrected chi connectivity index (χ3v) is 18.5. The summed E-state index contributed by atoms with van der Waals surface area (Å²) < 4.78 is 68.3. The summed E-state index contributed by atoms with van der Waals surface area (Å²) in [6.07, 6.45) is 47.3. The fourth-order valence-corrected chi connectivity index (χ4v) is 12.5. The van der Waals surface area contributed by atoms with Crippen molar-refractivity contribution in [2.75, 3.05) is 39.6 Å². The molecule has 0 amide bonds. The van der Waals surface area contributed by atoms with Crippen molar-refractivity contribution < 1.29 is 80.2 Å². The van der Waals surface area contributed by atoms with Gasteiger partial charge in [-0.25, -0.2) is 9.13 Å². The van der Waals surface area contributed by atoms with Crippen LogP contribution in [0.5, 0.6) is 0 Å². The Labute approximate surface area is 556 Å². The van der Waals surface area contributed by atoms with Crippen LogP contribution in [-0.4, -0.2) is 96.7 Å². The molecule has 19 heteroatoms. The number of rotatable bonds is 70. The van der Waals surface area contributed by atoms with E-state index in [2.05, 4.69) is 48.5 Å². The van der Waals surface area contributed by atoms with Gasteiger partial charge in [-0.2, -0.15) is 0 Å². The van der Waals surface area contributed by atoms with Crippen LogP contribution < -0.4 is 0 Å². The average Bonchev–Trinajstić information content (AvgIpc) is 3.24. The quantitative estimate of drug-likeness (QED) is 0.0222. The van der Waals surface area contributed by atoms with Crippen molar-refractivity contribution in [2.24, 2.45) is 17.8 Å². The van der Waals surface area contributed by atoms with Gasteiger partial charge in [-0.15, -0.1) is 0 Å². The van der Waals surface area contributed by atoms with E-state index in [4.69, 9.17) is 37.0 Å². The molecule has 0 aliphatic heterocycles. The van der Waals surface area contributed by atoms with Gasteiger partial charge in [0.05, 0.1) is 26.4 Å². The molecule has 5 atom stereocenters. The summed E-state index contributed by atoms with van der Waals surface area (Å²) in [4.78, 5) is 72.6. The Morgan fingerprint density at radius 3 is 0.747 bits per heavy atom. The second-order valence-electron chi connectivity index (χ2n) is 27.4. The first kappa shape index (κ1) is 89.1. The van der Waals surface area contributed by atoms with E-state index in [0.717, 1.165) is 102 Å². The Hall–Kier alpha value is -1.94. The molecule has 0 rings (SSSR count). The number of carbonyl (C=O) groups excluding carboxylic acids is 4. The zero-order chi connectivity index (χ0) is 67.3. The van der Waals surface area contributed by atoms with Crippen molar-refractivity contribution in [2.45, 2.75) is 381 Å². The van der Waals surface area contributed by atoms with E-state index in [0.29, 0.717) is 31.6 Å². The summed E-state index contributed by atoms with van der Waals surface area (Å²) in [5, 5.41) is 10.6. The lowest BCUT2D eigenvalue weighted by molar-refractivity contribution is -0.161. The molecule has 0 aromatic rings. The number of esters is 4. The largest absolute Gasteiger partial charge is 0.472 e. The molecule has 0 heterocycles. The number of carbonyl (C=O) groups is 4. The Kier molecular flexibility index (Phi) is 61.5. The van der Waals surface area contributed by atoms with Gasteiger partial charge >= 0.3 is 39.5 Å². The highest BCUT2D eigenvalue weighted by molar-refractivity contribution is 7.47. The Bertz CT molecular complexity index is 1780. The Morgan fingerprint density at radius 1 is 0.297 bits per heavy atom. The lowest BCUT2D eigenvalue weighted by atomic mass is 10.0. The number of phosphoric ester groups is 2. The Morgan fingerprint density at radius 2 is 0.505 bits per heavy atom. The SMILES string of the molecule is CCCCCCCCCCCCC(=O)OC[C@H](COP(=O)(O)OC[C@H](O)COP(=O)(O)OC[C@@H](COC(=O)CCCCCCCCCCCCC(C)C)OC(=O)CCCCCCCCCCCCCCCCCC(C)C)OC(=O)CCCCCCCCCC(C)C. The molecule has 91 heavy (non-hydrogen) atoms. The van der Waals surface area contributed by atoms with Crippen LogP contribution in [0.25, 0.3) is 0 Å². The average molecular weight is 1340 g/mol. The fraction of sp³-hybridized carbons (Fsp3) is 0.944.